The maximum atomic E-state index is 12.8. The molecule has 3 heteroatoms. The average molecular weight is 352 g/mol. The summed E-state index contributed by atoms with van der Waals surface area (Å²) in [7, 11) is 0. The third kappa shape index (κ3) is 2.68. The number of carbonyl (C=O) groups excluding carboxylic acids is 1. The van der Waals surface area contributed by atoms with E-state index in [1.165, 1.54) is 0 Å². The number of hydrogen-bond donors (Lipinski definition) is 0. The second-order valence-corrected chi connectivity index (χ2v) is 6.35. The Bertz CT molecular complexity index is 678. The van der Waals surface area contributed by atoms with Crippen molar-refractivity contribution in [2.24, 2.45) is 0 Å². The van der Waals surface area contributed by atoms with Crippen LogP contribution in [-0.2, 0) is 0 Å². The van der Waals surface area contributed by atoms with Gasteiger partial charge in [-0.2, -0.15) is 0 Å². The summed E-state index contributed by atoms with van der Waals surface area (Å²) in [5.41, 5.74) is 5.77. The van der Waals surface area contributed by atoms with E-state index in [-0.39, 0.29) is 5.78 Å². The van der Waals surface area contributed by atoms with Crippen molar-refractivity contribution in [3.05, 3.63) is 67.1 Å². The smallest absolute Gasteiger partial charge is 0.193 e. The summed E-state index contributed by atoms with van der Waals surface area (Å²) >= 11 is 9.43. The Morgan fingerprint density at radius 2 is 1.55 bits per heavy atom. The van der Waals surface area contributed by atoms with E-state index in [0.29, 0.717) is 10.6 Å². The number of benzene rings is 2. The number of aryl methyl sites for hydroxylation is 2. The van der Waals surface area contributed by atoms with E-state index in [9.17, 15) is 4.79 Å². The van der Waals surface area contributed by atoms with Crippen molar-refractivity contribution in [3.63, 3.8) is 0 Å². The van der Waals surface area contributed by atoms with Crippen LogP contribution in [0.4, 0.5) is 0 Å². The van der Waals surface area contributed by atoms with E-state index in [0.717, 1.165) is 32.3 Å². The molecular weight excluding hydrogens is 336 g/mol. The molecule has 0 aliphatic rings. The largest absolute Gasteiger partial charge is 0.289 e. The van der Waals surface area contributed by atoms with Crippen molar-refractivity contribution in [3.8, 4) is 0 Å². The van der Waals surface area contributed by atoms with E-state index in [2.05, 4.69) is 22.0 Å². The van der Waals surface area contributed by atoms with E-state index < -0.39 is 0 Å². The first-order valence-electron chi connectivity index (χ1n) is 6.40. The van der Waals surface area contributed by atoms with Gasteiger partial charge in [0.25, 0.3) is 0 Å². The van der Waals surface area contributed by atoms with Gasteiger partial charge in [0.2, 0.25) is 0 Å². The van der Waals surface area contributed by atoms with E-state index in [1.807, 2.05) is 33.8 Å². The molecule has 0 radical (unpaired) electrons. The van der Waals surface area contributed by atoms with E-state index in [4.69, 9.17) is 11.6 Å². The molecule has 0 fully saturated rings. The van der Waals surface area contributed by atoms with Gasteiger partial charge in [-0.1, -0.05) is 17.7 Å². The Balaban J connectivity index is 2.62. The summed E-state index contributed by atoms with van der Waals surface area (Å²) in [5, 5.41) is 0.551. The normalized spacial score (nSPS) is 10.7. The predicted octanol–water partition coefficient (Wildman–Crippen LogP) is 5.57. The zero-order valence-corrected chi connectivity index (χ0v) is 14.3. The Kier molecular flexibility index (Phi) is 4.36. The van der Waals surface area contributed by atoms with Crippen LogP contribution < -0.4 is 0 Å². The van der Waals surface area contributed by atoms with Crippen molar-refractivity contribution in [1.29, 1.82) is 0 Å². The molecule has 2 aromatic carbocycles. The van der Waals surface area contributed by atoms with Crippen LogP contribution in [0.5, 0.6) is 0 Å². The molecule has 0 heterocycles. The van der Waals surface area contributed by atoms with Gasteiger partial charge in [0, 0.05) is 15.6 Å². The summed E-state index contributed by atoms with van der Waals surface area (Å²) in [6, 6.07) is 7.44. The van der Waals surface area contributed by atoms with Gasteiger partial charge in [-0.05, 0) is 84.1 Å². The van der Waals surface area contributed by atoms with Crippen LogP contribution in [0, 0.1) is 27.7 Å². The van der Waals surface area contributed by atoms with Gasteiger partial charge in [0.15, 0.2) is 5.78 Å². The van der Waals surface area contributed by atoms with Gasteiger partial charge >= 0.3 is 0 Å². The van der Waals surface area contributed by atoms with Crippen LogP contribution in [0.15, 0.2) is 28.7 Å². The number of halogens is 2. The topological polar surface area (TPSA) is 17.1 Å². The van der Waals surface area contributed by atoms with Gasteiger partial charge in [-0.25, -0.2) is 0 Å². The van der Waals surface area contributed by atoms with Crippen molar-refractivity contribution in [2.45, 2.75) is 27.7 Å². The Morgan fingerprint density at radius 3 is 2.05 bits per heavy atom. The average Bonchev–Trinajstić information content (AvgIpc) is 2.40. The first-order chi connectivity index (χ1) is 9.32. The predicted molar refractivity (Wildman–Crippen MR) is 88.0 cm³/mol. The molecule has 2 aromatic rings. The molecule has 20 heavy (non-hydrogen) atoms. The lowest BCUT2D eigenvalue weighted by atomic mass is 9.89. The van der Waals surface area contributed by atoms with Crippen LogP contribution in [0.2, 0.25) is 5.02 Å². The van der Waals surface area contributed by atoms with Gasteiger partial charge < -0.3 is 0 Å². The van der Waals surface area contributed by atoms with Gasteiger partial charge in [-0.3, -0.25) is 4.79 Å². The first-order valence-corrected chi connectivity index (χ1v) is 7.57. The fourth-order valence-electron chi connectivity index (χ4n) is 2.34. The fraction of sp³-hybridized carbons (Fsp3) is 0.235. The molecule has 104 valence electrons. The standard InChI is InChI=1S/C17H16BrClO/c1-9-7-10(2)12(4)16(11(9)3)17(20)13-5-6-14(18)15(19)8-13/h5-8H,1-4H3. The highest BCUT2D eigenvalue weighted by Gasteiger charge is 2.18. The lowest BCUT2D eigenvalue weighted by Gasteiger charge is -2.14. The number of rotatable bonds is 2. The molecule has 0 aromatic heterocycles. The highest BCUT2D eigenvalue weighted by molar-refractivity contribution is 9.10. The van der Waals surface area contributed by atoms with Gasteiger partial charge in [0.1, 0.15) is 0 Å². The molecule has 2 rings (SSSR count). The first kappa shape index (κ1) is 15.3. The van der Waals surface area contributed by atoms with Gasteiger partial charge in [0.05, 0.1) is 5.02 Å². The van der Waals surface area contributed by atoms with Crippen LogP contribution in [0.3, 0.4) is 0 Å². The highest BCUT2D eigenvalue weighted by atomic mass is 79.9. The third-order valence-electron chi connectivity index (χ3n) is 3.77. The molecule has 0 N–H and O–H groups in total. The molecule has 1 nitrogen and oxygen atoms in total. The quantitative estimate of drug-likeness (QED) is 0.647. The summed E-state index contributed by atoms with van der Waals surface area (Å²) in [4.78, 5) is 12.8. The Hall–Kier alpha value is -1.12. The van der Waals surface area contributed by atoms with Crippen LogP contribution in [-0.4, -0.2) is 5.78 Å². The summed E-state index contributed by atoms with van der Waals surface area (Å²) in [6.45, 7) is 8.06. The minimum Gasteiger partial charge on any atom is -0.289 e. The van der Waals surface area contributed by atoms with Crippen LogP contribution >= 0.6 is 27.5 Å². The highest BCUT2D eigenvalue weighted by Crippen LogP contribution is 2.28. The second kappa shape index (κ2) is 5.71. The molecule has 0 spiro atoms. The monoisotopic (exact) mass is 350 g/mol. The minimum atomic E-state index is 0.0289. The number of ketones is 1. The molecule has 0 saturated heterocycles. The Labute approximate surface area is 133 Å². The van der Waals surface area contributed by atoms with E-state index in [1.54, 1.807) is 12.1 Å². The summed E-state index contributed by atoms with van der Waals surface area (Å²) < 4.78 is 0.796. The molecule has 0 amide bonds. The summed E-state index contributed by atoms with van der Waals surface area (Å²) in [6.07, 6.45) is 0. The SMILES string of the molecule is Cc1cc(C)c(C)c(C(=O)c2ccc(Br)c(Cl)c2)c1C. The minimum absolute atomic E-state index is 0.0289. The molecular formula is C17H16BrClO. The van der Waals surface area contributed by atoms with Crippen molar-refractivity contribution in [2.75, 3.05) is 0 Å². The second-order valence-electron chi connectivity index (χ2n) is 5.09. The van der Waals surface area contributed by atoms with Crippen molar-refractivity contribution < 1.29 is 4.79 Å². The fourth-order valence-corrected chi connectivity index (χ4v) is 2.77. The summed E-state index contributed by atoms with van der Waals surface area (Å²) in [5.74, 6) is 0.0289. The number of hydrogen-bond acceptors (Lipinski definition) is 1. The Morgan fingerprint density at radius 1 is 1.00 bits per heavy atom. The van der Waals surface area contributed by atoms with Crippen LogP contribution in [0.1, 0.15) is 38.2 Å². The maximum absolute atomic E-state index is 12.8. The number of carbonyl (C=O) groups is 1. The lowest BCUT2D eigenvalue weighted by Crippen LogP contribution is -2.09. The van der Waals surface area contributed by atoms with Crippen LogP contribution in [0.25, 0.3) is 0 Å². The molecule has 0 saturated carbocycles. The molecule has 0 aliphatic carbocycles. The molecule has 0 unspecified atom stereocenters. The zero-order valence-electron chi connectivity index (χ0n) is 12.0. The zero-order chi connectivity index (χ0) is 15.0. The maximum Gasteiger partial charge on any atom is 0.193 e. The molecule has 0 aliphatic heterocycles. The van der Waals surface area contributed by atoms with E-state index >= 15 is 0 Å². The molecule has 0 atom stereocenters. The van der Waals surface area contributed by atoms with Crippen molar-refractivity contribution in [1.82, 2.24) is 0 Å². The molecule has 0 bridgehead atoms. The third-order valence-corrected chi connectivity index (χ3v) is 5.01. The lowest BCUT2D eigenvalue weighted by molar-refractivity contribution is 0.103. The van der Waals surface area contributed by atoms with Crippen molar-refractivity contribution >= 4 is 33.3 Å². The van der Waals surface area contributed by atoms with Gasteiger partial charge in [-0.15, -0.1) is 0 Å².